The van der Waals surface area contributed by atoms with E-state index in [4.69, 9.17) is 9.72 Å². The molecular formula is C22H24ClN3O2S. The molecule has 0 radical (unpaired) electrons. The van der Waals surface area contributed by atoms with Gasteiger partial charge in [0.05, 0.1) is 18.0 Å². The molecule has 2 heterocycles. The largest absolute Gasteiger partial charge is 0.449 e. The van der Waals surface area contributed by atoms with Crippen molar-refractivity contribution in [3.05, 3.63) is 60.0 Å². The Balaban J connectivity index is 0.00000240. The van der Waals surface area contributed by atoms with Gasteiger partial charge in [-0.15, -0.1) is 23.7 Å². The van der Waals surface area contributed by atoms with Gasteiger partial charge in [-0.2, -0.15) is 0 Å². The highest BCUT2D eigenvalue weighted by Crippen LogP contribution is 2.33. The molecule has 0 spiro atoms. The molecule has 1 aliphatic rings. The maximum atomic E-state index is 12.3. The summed E-state index contributed by atoms with van der Waals surface area (Å²) >= 11 is 1.56. The third kappa shape index (κ3) is 5.56. The molecule has 152 valence electrons. The lowest BCUT2D eigenvalue weighted by Crippen LogP contribution is -2.31. The van der Waals surface area contributed by atoms with Crippen molar-refractivity contribution in [2.24, 2.45) is 5.92 Å². The summed E-state index contributed by atoms with van der Waals surface area (Å²) in [7, 11) is 0. The van der Waals surface area contributed by atoms with Crippen molar-refractivity contribution in [3.8, 4) is 21.8 Å². The number of hydrogen-bond acceptors (Lipinski definition) is 5. The van der Waals surface area contributed by atoms with Gasteiger partial charge in [-0.3, -0.25) is 5.32 Å². The SMILES string of the molecule is Cl.O=C(Nc1ccccc1-c1nc(-c2ccccc2)cs1)OCC1CCNCC1. The summed E-state index contributed by atoms with van der Waals surface area (Å²) in [5.41, 5.74) is 3.63. The molecule has 1 saturated heterocycles. The molecule has 2 N–H and O–H groups in total. The van der Waals surface area contributed by atoms with Gasteiger partial charge in [0.2, 0.25) is 0 Å². The highest BCUT2D eigenvalue weighted by atomic mass is 35.5. The number of para-hydroxylation sites is 1. The van der Waals surface area contributed by atoms with E-state index in [0.29, 0.717) is 18.2 Å². The van der Waals surface area contributed by atoms with Gasteiger partial charge < -0.3 is 10.1 Å². The number of carbonyl (C=O) groups is 1. The van der Waals surface area contributed by atoms with Crippen molar-refractivity contribution >= 4 is 35.5 Å². The number of rotatable bonds is 5. The topological polar surface area (TPSA) is 63.2 Å². The average molecular weight is 430 g/mol. The number of halogens is 1. The fraction of sp³-hybridized carbons (Fsp3) is 0.273. The van der Waals surface area contributed by atoms with Crippen molar-refractivity contribution < 1.29 is 9.53 Å². The smallest absolute Gasteiger partial charge is 0.411 e. The predicted molar refractivity (Wildman–Crippen MR) is 121 cm³/mol. The molecule has 1 aromatic heterocycles. The van der Waals surface area contributed by atoms with Crippen LogP contribution in [0.25, 0.3) is 21.8 Å². The van der Waals surface area contributed by atoms with Crippen LogP contribution in [0.4, 0.5) is 10.5 Å². The number of ether oxygens (including phenoxy) is 1. The van der Waals surface area contributed by atoms with Crippen LogP contribution >= 0.6 is 23.7 Å². The standard InChI is InChI=1S/C22H23N3O2S.ClH/c26-22(27-14-16-10-12-23-13-11-16)25-19-9-5-4-8-18(19)21-24-20(15-28-21)17-6-2-1-3-7-17;/h1-9,15-16,23H,10-14H2,(H,25,26);1H. The minimum atomic E-state index is -0.411. The summed E-state index contributed by atoms with van der Waals surface area (Å²) in [6, 6.07) is 17.8. The Labute approximate surface area is 180 Å². The number of carbonyl (C=O) groups excluding carboxylic acids is 1. The van der Waals surface area contributed by atoms with Gasteiger partial charge in [0.25, 0.3) is 0 Å². The Morgan fingerprint density at radius 3 is 2.62 bits per heavy atom. The van der Waals surface area contributed by atoms with Gasteiger partial charge in [0.15, 0.2) is 0 Å². The van der Waals surface area contributed by atoms with E-state index >= 15 is 0 Å². The summed E-state index contributed by atoms with van der Waals surface area (Å²) < 4.78 is 5.46. The third-order valence-corrected chi connectivity index (χ3v) is 5.75. The van der Waals surface area contributed by atoms with E-state index in [1.54, 1.807) is 11.3 Å². The van der Waals surface area contributed by atoms with Gasteiger partial charge in [-0.1, -0.05) is 42.5 Å². The first-order valence-electron chi connectivity index (χ1n) is 9.54. The summed E-state index contributed by atoms with van der Waals surface area (Å²) in [4.78, 5) is 17.1. The quantitative estimate of drug-likeness (QED) is 0.566. The number of thiazole rings is 1. The highest BCUT2D eigenvalue weighted by Gasteiger charge is 2.17. The van der Waals surface area contributed by atoms with E-state index < -0.39 is 6.09 Å². The first-order valence-corrected chi connectivity index (χ1v) is 10.4. The van der Waals surface area contributed by atoms with E-state index in [9.17, 15) is 4.79 Å². The minimum absolute atomic E-state index is 0. The fourth-order valence-electron chi connectivity index (χ4n) is 3.31. The Morgan fingerprint density at radius 2 is 1.83 bits per heavy atom. The van der Waals surface area contributed by atoms with Gasteiger partial charge in [-0.05, 0) is 44.0 Å². The van der Waals surface area contributed by atoms with E-state index in [-0.39, 0.29) is 12.4 Å². The molecule has 3 aromatic rings. The first kappa shape index (κ1) is 21.3. The van der Waals surface area contributed by atoms with Crippen molar-refractivity contribution in [1.82, 2.24) is 10.3 Å². The Kier molecular flexibility index (Phi) is 7.63. The number of amides is 1. The predicted octanol–water partition coefficient (Wildman–Crippen LogP) is 5.45. The number of nitrogens with one attached hydrogen (secondary N) is 2. The normalized spacial score (nSPS) is 14.1. The lowest BCUT2D eigenvalue weighted by atomic mass is 9.99. The molecule has 0 saturated carbocycles. The van der Waals surface area contributed by atoms with Crippen LogP contribution in [0.5, 0.6) is 0 Å². The molecule has 0 atom stereocenters. The first-order chi connectivity index (χ1) is 13.8. The minimum Gasteiger partial charge on any atom is -0.449 e. The van der Waals surface area contributed by atoms with Crippen molar-refractivity contribution in [3.63, 3.8) is 0 Å². The summed E-state index contributed by atoms with van der Waals surface area (Å²) in [5, 5.41) is 9.11. The van der Waals surface area contributed by atoms with E-state index in [2.05, 4.69) is 10.6 Å². The zero-order chi connectivity index (χ0) is 19.2. The molecule has 2 aromatic carbocycles. The van der Waals surface area contributed by atoms with Crippen LogP contribution in [0.1, 0.15) is 12.8 Å². The van der Waals surface area contributed by atoms with Gasteiger partial charge in [0.1, 0.15) is 5.01 Å². The van der Waals surface area contributed by atoms with E-state index in [0.717, 1.165) is 47.8 Å². The molecule has 0 bridgehead atoms. The number of anilines is 1. The number of benzene rings is 2. The maximum absolute atomic E-state index is 12.3. The van der Waals surface area contributed by atoms with Crippen molar-refractivity contribution in [1.29, 1.82) is 0 Å². The second-order valence-electron chi connectivity index (χ2n) is 6.87. The average Bonchev–Trinajstić information content (AvgIpc) is 3.24. The Hall–Kier alpha value is -2.41. The monoisotopic (exact) mass is 429 g/mol. The molecule has 1 fully saturated rings. The maximum Gasteiger partial charge on any atom is 0.411 e. The zero-order valence-electron chi connectivity index (χ0n) is 16.0. The molecule has 1 aliphatic heterocycles. The molecule has 7 heteroatoms. The highest BCUT2D eigenvalue weighted by molar-refractivity contribution is 7.13. The summed E-state index contributed by atoms with van der Waals surface area (Å²) in [6.07, 6.45) is 1.68. The Bertz CT molecular complexity index is 927. The summed E-state index contributed by atoms with van der Waals surface area (Å²) in [5.74, 6) is 0.439. The molecule has 29 heavy (non-hydrogen) atoms. The van der Waals surface area contributed by atoms with Crippen LogP contribution in [-0.2, 0) is 4.74 Å². The van der Waals surface area contributed by atoms with Crippen molar-refractivity contribution in [2.75, 3.05) is 25.0 Å². The van der Waals surface area contributed by atoms with Gasteiger partial charge in [0, 0.05) is 16.5 Å². The molecule has 0 aliphatic carbocycles. The van der Waals surface area contributed by atoms with Crippen molar-refractivity contribution in [2.45, 2.75) is 12.8 Å². The lowest BCUT2D eigenvalue weighted by Gasteiger charge is -2.22. The third-order valence-electron chi connectivity index (χ3n) is 4.88. The van der Waals surface area contributed by atoms with Gasteiger partial charge in [-0.25, -0.2) is 9.78 Å². The Morgan fingerprint density at radius 1 is 1.10 bits per heavy atom. The van der Waals surface area contributed by atoms with Crippen LogP contribution in [0.3, 0.4) is 0 Å². The fourth-order valence-corrected chi connectivity index (χ4v) is 4.17. The summed E-state index contributed by atoms with van der Waals surface area (Å²) in [6.45, 7) is 2.45. The van der Waals surface area contributed by atoms with E-state index in [1.807, 2.05) is 60.0 Å². The number of nitrogens with zero attached hydrogens (tertiary/aromatic N) is 1. The molecule has 0 unspecified atom stereocenters. The second-order valence-corrected chi connectivity index (χ2v) is 7.72. The number of hydrogen-bond donors (Lipinski definition) is 2. The number of aromatic nitrogens is 1. The van der Waals surface area contributed by atoms with Crippen LogP contribution in [0, 0.1) is 5.92 Å². The van der Waals surface area contributed by atoms with Crippen LogP contribution in [0.15, 0.2) is 60.0 Å². The zero-order valence-corrected chi connectivity index (χ0v) is 17.6. The molecular weight excluding hydrogens is 406 g/mol. The number of piperidine rings is 1. The lowest BCUT2D eigenvalue weighted by molar-refractivity contribution is 0.131. The second kappa shape index (κ2) is 10.4. The van der Waals surface area contributed by atoms with Gasteiger partial charge >= 0.3 is 6.09 Å². The van der Waals surface area contributed by atoms with E-state index in [1.165, 1.54) is 0 Å². The van der Waals surface area contributed by atoms with Crippen LogP contribution in [0.2, 0.25) is 0 Å². The molecule has 5 nitrogen and oxygen atoms in total. The molecule has 1 amide bonds. The van der Waals surface area contributed by atoms with Crippen LogP contribution < -0.4 is 10.6 Å². The van der Waals surface area contributed by atoms with Crippen LogP contribution in [-0.4, -0.2) is 30.8 Å². The molecule has 4 rings (SSSR count).